The Kier molecular flexibility index (Phi) is 5.39. The number of nitrogens with one attached hydrogen (secondary N) is 1. The van der Waals surface area contributed by atoms with E-state index in [1.165, 1.54) is 0 Å². The fraction of sp³-hybridized carbons (Fsp3) is 0.444. The van der Waals surface area contributed by atoms with E-state index < -0.39 is 8.17 Å². The third-order valence-electron chi connectivity index (χ3n) is 4.78. The Balaban J connectivity index is 1.38. The van der Waals surface area contributed by atoms with Crippen LogP contribution in [0.25, 0.3) is 0 Å². The summed E-state index contributed by atoms with van der Waals surface area (Å²) in [4.78, 5) is 24.8. The van der Waals surface area contributed by atoms with Crippen LogP contribution in [0.1, 0.15) is 35.8 Å². The second kappa shape index (κ2) is 7.67. The lowest BCUT2D eigenvalue weighted by molar-refractivity contribution is -0.0294. The number of fused-ring (bicyclic) bond motifs is 1. The molecule has 3 atom stereocenters. The van der Waals surface area contributed by atoms with Gasteiger partial charge in [-0.05, 0) is 51.0 Å². The normalized spacial score (nSPS) is 26.7. The fourth-order valence-corrected chi connectivity index (χ4v) is 4.79. The van der Waals surface area contributed by atoms with Gasteiger partial charge in [0, 0.05) is 17.3 Å². The van der Waals surface area contributed by atoms with Gasteiger partial charge in [0.25, 0.3) is 5.56 Å². The molecule has 2 aliphatic heterocycles. The monoisotopic (exact) mass is 425 g/mol. The average Bonchev–Trinajstić information content (AvgIpc) is 3.12. The van der Waals surface area contributed by atoms with Crippen molar-refractivity contribution in [2.75, 3.05) is 6.61 Å². The molecule has 1 saturated heterocycles. The minimum atomic E-state index is -3.43. The molecule has 1 fully saturated rings. The molecular formula is C18H22N2O6PS+. The number of aromatic nitrogens is 2. The standard InChI is InChI=1S/C18H21N2O6PS/c1-11-3-5-15-13(7-11)9-23-27(22,26-15)24-10-14-4-6-16(25-14)20-8-12(2)17(21)19-18(20)28/h3,5,7-8,14,16,22H,4,6,9-10H2,1-2H3/p+1. The Morgan fingerprint density at radius 2 is 2.21 bits per heavy atom. The molecule has 0 bridgehead atoms. The molecule has 1 aromatic heterocycles. The van der Waals surface area contributed by atoms with Gasteiger partial charge >= 0.3 is 8.17 Å². The Morgan fingerprint density at radius 3 is 3.04 bits per heavy atom. The topological polar surface area (TPSA) is 94.9 Å². The quantitative estimate of drug-likeness (QED) is 0.572. The van der Waals surface area contributed by atoms with Crippen molar-refractivity contribution in [2.45, 2.75) is 45.6 Å². The summed E-state index contributed by atoms with van der Waals surface area (Å²) in [5, 5.41) is 0. The number of hydrogen-bond donors (Lipinski definition) is 2. The van der Waals surface area contributed by atoms with Crippen molar-refractivity contribution in [2.24, 2.45) is 0 Å². The first-order chi connectivity index (χ1) is 13.3. The van der Waals surface area contributed by atoms with Crippen LogP contribution in [0.15, 0.2) is 29.2 Å². The first kappa shape index (κ1) is 19.7. The van der Waals surface area contributed by atoms with E-state index in [1.807, 2.05) is 25.1 Å². The molecule has 2 aliphatic rings. The van der Waals surface area contributed by atoms with Gasteiger partial charge in [0.2, 0.25) is 0 Å². The van der Waals surface area contributed by atoms with Crippen molar-refractivity contribution < 1.29 is 23.2 Å². The number of rotatable bonds is 4. The van der Waals surface area contributed by atoms with Gasteiger partial charge in [-0.1, -0.05) is 11.6 Å². The van der Waals surface area contributed by atoms with E-state index in [1.54, 1.807) is 17.7 Å². The van der Waals surface area contributed by atoms with E-state index in [0.29, 0.717) is 22.5 Å². The second-order valence-corrected chi connectivity index (χ2v) is 9.03. The third kappa shape index (κ3) is 4.05. The summed E-state index contributed by atoms with van der Waals surface area (Å²) < 4.78 is 24.7. The molecule has 2 N–H and O–H groups in total. The highest BCUT2D eigenvalue weighted by molar-refractivity contribution is 7.71. The lowest BCUT2D eigenvalue weighted by Gasteiger charge is -2.22. The molecule has 0 spiro atoms. The molecule has 0 amide bonds. The minimum Gasteiger partial charge on any atom is -0.352 e. The van der Waals surface area contributed by atoms with Crippen molar-refractivity contribution in [1.82, 2.24) is 9.55 Å². The highest BCUT2D eigenvalue weighted by Crippen LogP contribution is 2.61. The summed E-state index contributed by atoms with van der Waals surface area (Å²) in [7, 11) is -3.43. The number of benzene rings is 1. The van der Waals surface area contributed by atoms with Crippen molar-refractivity contribution in [3.8, 4) is 5.75 Å². The summed E-state index contributed by atoms with van der Waals surface area (Å²) in [5.41, 5.74) is 2.34. The summed E-state index contributed by atoms with van der Waals surface area (Å²) in [6.07, 6.45) is 2.60. The van der Waals surface area contributed by atoms with Crippen LogP contribution in [0.5, 0.6) is 5.75 Å². The van der Waals surface area contributed by atoms with Crippen LogP contribution in [0.3, 0.4) is 0 Å². The highest BCUT2D eigenvalue weighted by Gasteiger charge is 2.51. The van der Waals surface area contributed by atoms with Gasteiger partial charge in [-0.15, -0.1) is 9.05 Å². The maximum Gasteiger partial charge on any atom is 0.619 e. The lowest BCUT2D eigenvalue weighted by atomic mass is 10.1. The zero-order valence-electron chi connectivity index (χ0n) is 15.6. The van der Waals surface area contributed by atoms with Crippen LogP contribution < -0.4 is 10.1 Å². The van der Waals surface area contributed by atoms with E-state index in [0.717, 1.165) is 17.5 Å². The van der Waals surface area contributed by atoms with Gasteiger partial charge in [0.05, 0.1) is 6.10 Å². The van der Waals surface area contributed by atoms with Crippen molar-refractivity contribution >= 4 is 20.4 Å². The maximum atomic E-state index is 11.6. The smallest absolute Gasteiger partial charge is 0.352 e. The molecule has 1 aromatic carbocycles. The first-order valence-corrected chi connectivity index (χ1v) is 10.9. The summed E-state index contributed by atoms with van der Waals surface area (Å²) >= 11 is 5.23. The summed E-state index contributed by atoms with van der Waals surface area (Å²) in [6.45, 7) is 4.08. The number of H-pyrrole nitrogens is 1. The largest absolute Gasteiger partial charge is 0.619 e. The molecule has 0 radical (unpaired) electrons. The van der Waals surface area contributed by atoms with Crippen molar-refractivity contribution in [1.29, 1.82) is 0 Å². The molecular weight excluding hydrogens is 403 g/mol. The Labute approximate surface area is 167 Å². The zero-order chi connectivity index (χ0) is 19.9. The Morgan fingerprint density at radius 1 is 1.39 bits per heavy atom. The van der Waals surface area contributed by atoms with Crippen LogP contribution in [-0.2, 0) is 20.4 Å². The van der Waals surface area contributed by atoms with Gasteiger partial charge in [0.1, 0.15) is 19.4 Å². The van der Waals surface area contributed by atoms with Crippen LogP contribution in [0, 0.1) is 18.6 Å². The predicted molar refractivity (Wildman–Crippen MR) is 105 cm³/mol. The molecule has 10 heteroatoms. The van der Waals surface area contributed by atoms with Crippen LogP contribution in [0.4, 0.5) is 0 Å². The molecule has 150 valence electrons. The van der Waals surface area contributed by atoms with Crippen molar-refractivity contribution in [3.63, 3.8) is 0 Å². The van der Waals surface area contributed by atoms with E-state index in [-0.39, 0.29) is 31.1 Å². The number of hydrogen-bond acceptors (Lipinski definition) is 7. The van der Waals surface area contributed by atoms with Crippen molar-refractivity contribution in [3.05, 3.63) is 56.2 Å². The molecule has 4 rings (SSSR count). The number of aryl methyl sites for hydroxylation is 2. The summed E-state index contributed by atoms with van der Waals surface area (Å²) in [6, 6.07) is 5.68. The number of aromatic amines is 1. The fourth-order valence-electron chi connectivity index (χ4n) is 3.27. The molecule has 0 saturated carbocycles. The highest BCUT2D eigenvalue weighted by atomic mass is 32.1. The molecule has 8 nitrogen and oxygen atoms in total. The molecule has 3 heterocycles. The summed E-state index contributed by atoms with van der Waals surface area (Å²) in [5.74, 6) is 0.577. The number of nitrogens with zero attached hydrogens (tertiary/aromatic N) is 1. The Hall–Kier alpha value is -1.61. The lowest BCUT2D eigenvalue weighted by Crippen LogP contribution is -2.22. The van der Waals surface area contributed by atoms with Gasteiger partial charge in [-0.3, -0.25) is 18.9 Å². The van der Waals surface area contributed by atoms with E-state index in [9.17, 15) is 9.69 Å². The first-order valence-electron chi connectivity index (χ1n) is 9.00. The zero-order valence-corrected chi connectivity index (χ0v) is 17.3. The van der Waals surface area contributed by atoms with Gasteiger partial charge < -0.3 is 4.74 Å². The van der Waals surface area contributed by atoms with E-state index in [4.69, 9.17) is 30.5 Å². The number of ether oxygens (including phenoxy) is 1. The van der Waals surface area contributed by atoms with Gasteiger partial charge in [-0.2, -0.15) is 4.89 Å². The van der Waals surface area contributed by atoms with Crippen LogP contribution >= 0.6 is 20.4 Å². The molecule has 0 aliphatic carbocycles. The van der Waals surface area contributed by atoms with Crippen LogP contribution in [0.2, 0.25) is 0 Å². The SMILES string of the molecule is Cc1ccc2c(c1)CO[P+](O)(OCC1CCC(n3cc(C)c(=O)[nH]c3=S)O1)O2. The predicted octanol–water partition coefficient (Wildman–Crippen LogP) is 3.50. The minimum absolute atomic E-state index is 0.137. The average molecular weight is 425 g/mol. The molecule has 2 aromatic rings. The molecule has 28 heavy (non-hydrogen) atoms. The van der Waals surface area contributed by atoms with Gasteiger partial charge in [0.15, 0.2) is 10.5 Å². The van der Waals surface area contributed by atoms with Crippen LogP contribution in [-0.4, -0.2) is 27.2 Å². The third-order valence-corrected chi connectivity index (χ3v) is 6.45. The second-order valence-electron chi connectivity index (χ2n) is 7.01. The van der Waals surface area contributed by atoms with Gasteiger partial charge in [-0.25, -0.2) is 0 Å². The van der Waals surface area contributed by atoms with E-state index >= 15 is 0 Å². The maximum absolute atomic E-state index is 11.6. The molecule has 3 unspecified atom stereocenters. The Bertz CT molecular complexity index is 1010. The van der Waals surface area contributed by atoms with E-state index in [2.05, 4.69) is 4.98 Å².